The first kappa shape index (κ1) is 13.4. The van der Waals surface area contributed by atoms with Gasteiger partial charge < -0.3 is 5.73 Å². The highest BCUT2D eigenvalue weighted by atomic mass is 32.2. The summed E-state index contributed by atoms with van der Waals surface area (Å²) >= 11 is 0. The standard InChI is InChI=1S/C13H20N2O2S/c1-18(16,17)15-12-8-4-3-7-11(12)13(14)9-5-2-6-10-13/h3-4,7-8,15H,2,5-6,9-10,14H2,1H3. The molecule has 3 N–H and O–H groups in total. The van der Waals surface area contributed by atoms with E-state index in [0.717, 1.165) is 37.5 Å². The van der Waals surface area contributed by atoms with Crippen molar-refractivity contribution in [2.75, 3.05) is 11.0 Å². The molecule has 0 unspecified atom stereocenters. The molecule has 2 rings (SSSR count). The normalized spacial score (nSPS) is 19.4. The Hall–Kier alpha value is -1.07. The number of para-hydroxylation sites is 1. The van der Waals surface area contributed by atoms with Crippen LogP contribution in [0.25, 0.3) is 0 Å². The van der Waals surface area contributed by atoms with Crippen LogP contribution in [0, 0.1) is 0 Å². The molecule has 0 aromatic heterocycles. The molecule has 0 heterocycles. The Labute approximate surface area is 109 Å². The van der Waals surface area contributed by atoms with Crippen LogP contribution in [0.5, 0.6) is 0 Å². The second-order valence-electron chi connectivity index (χ2n) is 5.14. The molecule has 100 valence electrons. The number of hydrogen-bond donors (Lipinski definition) is 2. The van der Waals surface area contributed by atoms with Gasteiger partial charge in [-0.3, -0.25) is 4.72 Å². The SMILES string of the molecule is CS(=O)(=O)Nc1ccccc1C1(N)CCCCC1. The van der Waals surface area contributed by atoms with Crippen molar-refractivity contribution >= 4 is 15.7 Å². The minimum Gasteiger partial charge on any atom is -0.321 e. The summed E-state index contributed by atoms with van der Waals surface area (Å²) < 4.78 is 25.3. The summed E-state index contributed by atoms with van der Waals surface area (Å²) in [5, 5.41) is 0. The van der Waals surface area contributed by atoms with Crippen molar-refractivity contribution in [2.24, 2.45) is 5.73 Å². The first-order chi connectivity index (χ1) is 8.41. The molecule has 1 aliphatic carbocycles. The van der Waals surface area contributed by atoms with Crippen molar-refractivity contribution in [1.29, 1.82) is 0 Å². The third kappa shape index (κ3) is 3.03. The minimum absolute atomic E-state index is 0.396. The zero-order chi connectivity index (χ0) is 13.2. The summed E-state index contributed by atoms with van der Waals surface area (Å²) in [7, 11) is -3.27. The van der Waals surface area contributed by atoms with E-state index in [0.29, 0.717) is 5.69 Å². The van der Waals surface area contributed by atoms with Crippen LogP contribution in [0.4, 0.5) is 5.69 Å². The van der Waals surface area contributed by atoms with Crippen molar-refractivity contribution in [3.05, 3.63) is 29.8 Å². The van der Waals surface area contributed by atoms with Gasteiger partial charge in [0.05, 0.1) is 11.9 Å². The topological polar surface area (TPSA) is 72.2 Å². The van der Waals surface area contributed by atoms with Gasteiger partial charge in [0.15, 0.2) is 0 Å². The van der Waals surface area contributed by atoms with E-state index in [1.165, 1.54) is 6.42 Å². The monoisotopic (exact) mass is 268 g/mol. The molecule has 1 aromatic carbocycles. The average Bonchev–Trinajstić information content (AvgIpc) is 2.28. The number of nitrogens with one attached hydrogen (secondary N) is 1. The Balaban J connectivity index is 2.38. The van der Waals surface area contributed by atoms with Crippen LogP contribution < -0.4 is 10.5 Å². The molecule has 18 heavy (non-hydrogen) atoms. The highest BCUT2D eigenvalue weighted by Crippen LogP contribution is 2.38. The molecule has 1 fully saturated rings. The maximum absolute atomic E-state index is 11.4. The van der Waals surface area contributed by atoms with Gasteiger partial charge in [-0.25, -0.2) is 8.42 Å². The van der Waals surface area contributed by atoms with Gasteiger partial charge >= 0.3 is 0 Å². The molecule has 1 aliphatic rings. The predicted octanol–water partition coefficient (Wildman–Crippen LogP) is 2.18. The van der Waals surface area contributed by atoms with E-state index in [4.69, 9.17) is 5.73 Å². The van der Waals surface area contributed by atoms with Gasteiger partial charge in [0.25, 0.3) is 0 Å². The lowest BCUT2D eigenvalue weighted by atomic mass is 9.77. The van der Waals surface area contributed by atoms with Gasteiger partial charge in [-0.2, -0.15) is 0 Å². The van der Waals surface area contributed by atoms with Crippen LogP contribution in [-0.2, 0) is 15.6 Å². The van der Waals surface area contributed by atoms with Gasteiger partial charge in [0, 0.05) is 5.54 Å². The van der Waals surface area contributed by atoms with Crippen LogP contribution in [0.1, 0.15) is 37.7 Å². The largest absolute Gasteiger partial charge is 0.321 e. The van der Waals surface area contributed by atoms with E-state index in [2.05, 4.69) is 4.72 Å². The molecule has 1 aromatic rings. The number of rotatable bonds is 3. The summed E-state index contributed by atoms with van der Waals surface area (Å²) in [6.45, 7) is 0. The second kappa shape index (κ2) is 4.90. The Morgan fingerprint density at radius 3 is 2.39 bits per heavy atom. The van der Waals surface area contributed by atoms with Crippen molar-refractivity contribution in [3.8, 4) is 0 Å². The molecule has 4 nitrogen and oxygen atoms in total. The molecular formula is C13H20N2O2S. The highest BCUT2D eigenvalue weighted by Gasteiger charge is 2.31. The molecule has 0 atom stereocenters. The Bertz CT molecular complexity index is 520. The molecule has 5 heteroatoms. The number of sulfonamides is 1. The molecule has 0 aliphatic heterocycles. The Kier molecular flexibility index (Phi) is 3.64. The molecule has 1 saturated carbocycles. The maximum Gasteiger partial charge on any atom is 0.229 e. The van der Waals surface area contributed by atoms with Crippen molar-refractivity contribution in [2.45, 2.75) is 37.6 Å². The summed E-state index contributed by atoms with van der Waals surface area (Å²) in [6, 6.07) is 7.44. The fraction of sp³-hybridized carbons (Fsp3) is 0.538. The fourth-order valence-electron chi connectivity index (χ4n) is 2.66. The van der Waals surface area contributed by atoms with E-state index in [1.807, 2.05) is 18.2 Å². The molecule has 0 saturated heterocycles. The molecule has 0 amide bonds. The Morgan fingerprint density at radius 2 is 1.78 bits per heavy atom. The van der Waals surface area contributed by atoms with Crippen LogP contribution in [0.3, 0.4) is 0 Å². The lowest BCUT2D eigenvalue weighted by Crippen LogP contribution is -2.39. The minimum atomic E-state index is -3.27. The zero-order valence-corrected chi connectivity index (χ0v) is 11.5. The second-order valence-corrected chi connectivity index (χ2v) is 6.89. The van der Waals surface area contributed by atoms with E-state index >= 15 is 0 Å². The van der Waals surface area contributed by atoms with Crippen LogP contribution in [-0.4, -0.2) is 14.7 Å². The van der Waals surface area contributed by atoms with Crippen LogP contribution in [0.15, 0.2) is 24.3 Å². The number of nitrogens with two attached hydrogens (primary N) is 1. The van der Waals surface area contributed by atoms with Gasteiger partial charge in [-0.1, -0.05) is 37.5 Å². The average molecular weight is 268 g/mol. The third-order valence-electron chi connectivity index (χ3n) is 3.50. The first-order valence-corrected chi connectivity index (χ1v) is 8.16. The van der Waals surface area contributed by atoms with Gasteiger partial charge in [-0.15, -0.1) is 0 Å². The number of benzene rings is 1. The van der Waals surface area contributed by atoms with E-state index in [-0.39, 0.29) is 0 Å². The van der Waals surface area contributed by atoms with Crippen molar-refractivity contribution in [3.63, 3.8) is 0 Å². The van der Waals surface area contributed by atoms with E-state index < -0.39 is 15.6 Å². The molecule has 0 radical (unpaired) electrons. The first-order valence-electron chi connectivity index (χ1n) is 6.27. The van der Waals surface area contributed by atoms with Crippen molar-refractivity contribution < 1.29 is 8.42 Å². The lowest BCUT2D eigenvalue weighted by molar-refractivity contribution is 0.303. The summed E-state index contributed by atoms with van der Waals surface area (Å²) in [5.41, 5.74) is 7.60. The molecular weight excluding hydrogens is 248 g/mol. The van der Waals surface area contributed by atoms with Crippen LogP contribution in [0.2, 0.25) is 0 Å². The van der Waals surface area contributed by atoms with Gasteiger partial charge in [0.2, 0.25) is 10.0 Å². The zero-order valence-electron chi connectivity index (χ0n) is 10.6. The van der Waals surface area contributed by atoms with Crippen LogP contribution >= 0.6 is 0 Å². The summed E-state index contributed by atoms with van der Waals surface area (Å²) in [5.74, 6) is 0. The maximum atomic E-state index is 11.4. The highest BCUT2D eigenvalue weighted by molar-refractivity contribution is 7.92. The molecule has 0 spiro atoms. The van der Waals surface area contributed by atoms with E-state index in [1.54, 1.807) is 6.07 Å². The quantitative estimate of drug-likeness (QED) is 0.882. The number of anilines is 1. The summed E-state index contributed by atoms with van der Waals surface area (Å²) in [4.78, 5) is 0. The van der Waals surface area contributed by atoms with E-state index in [9.17, 15) is 8.42 Å². The predicted molar refractivity (Wildman–Crippen MR) is 73.9 cm³/mol. The Morgan fingerprint density at radius 1 is 1.17 bits per heavy atom. The molecule has 0 bridgehead atoms. The lowest BCUT2D eigenvalue weighted by Gasteiger charge is -2.35. The van der Waals surface area contributed by atoms with Gasteiger partial charge in [0.1, 0.15) is 0 Å². The smallest absolute Gasteiger partial charge is 0.229 e. The summed E-state index contributed by atoms with van der Waals surface area (Å²) in [6.07, 6.45) is 6.40. The number of hydrogen-bond acceptors (Lipinski definition) is 3. The van der Waals surface area contributed by atoms with Gasteiger partial charge in [-0.05, 0) is 24.5 Å². The van der Waals surface area contributed by atoms with Crippen molar-refractivity contribution in [1.82, 2.24) is 0 Å². The fourth-order valence-corrected chi connectivity index (χ4v) is 3.24. The third-order valence-corrected chi connectivity index (χ3v) is 4.10.